The summed E-state index contributed by atoms with van der Waals surface area (Å²) in [6.07, 6.45) is 2.41. The average Bonchev–Trinajstić information content (AvgIpc) is 2.13. The lowest BCUT2D eigenvalue weighted by atomic mass is 10.1. The van der Waals surface area contributed by atoms with Gasteiger partial charge in [0.25, 0.3) is 5.92 Å². The number of hydrogen-bond donors (Lipinski definition) is 0. The molecule has 0 spiro atoms. The van der Waals surface area contributed by atoms with Gasteiger partial charge in [-0.15, -0.1) is 0 Å². The highest BCUT2D eigenvalue weighted by Gasteiger charge is 2.44. The molecule has 0 saturated carbocycles. The number of sulfone groups is 1. The molecule has 0 aliphatic carbocycles. The van der Waals surface area contributed by atoms with Crippen LogP contribution in [-0.4, -0.2) is 38.7 Å². The van der Waals surface area contributed by atoms with Crippen molar-refractivity contribution in [2.75, 3.05) is 24.2 Å². The molecule has 0 radical (unpaired) electrons. The molecule has 1 aromatic rings. The molecule has 1 aromatic heterocycles. The molecular formula is C9H9BrF2N2O2S. The molecule has 1 fully saturated rings. The van der Waals surface area contributed by atoms with Crippen LogP contribution in [0, 0.1) is 0 Å². The van der Waals surface area contributed by atoms with E-state index in [2.05, 4.69) is 20.9 Å². The summed E-state index contributed by atoms with van der Waals surface area (Å²) in [4.78, 5) is 5.24. The van der Waals surface area contributed by atoms with Gasteiger partial charge < -0.3 is 4.90 Å². The minimum Gasteiger partial charge on any atom is -0.358 e. The summed E-state index contributed by atoms with van der Waals surface area (Å²) in [6.45, 7) is -0.807. The van der Waals surface area contributed by atoms with Gasteiger partial charge in [-0.2, -0.15) is 0 Å². The van der Waals surface area contributed by atoms with Crippen LogP contribution in [0.4, 0.5) is 14.5 Å². The number of halogens is 3. The first kappa shape index (κ1) is 12.7. The number of aromatic nitrogens is 1. The van der Waals surface area contributed by atoms with E-state index in [0.717, 1.165) is 6.26 Å². The Morgan fingerprint density at radius 1 is 1.47 bits per heavy atom. The minimum absolute atomic E-state index is 0.00483. The first-order valence-corrected chi connectivity index (χ1v) is 7.36. The van der Waals surface area contributed by atoms with Crippen LogP contribution in [0.5, 0.6) is 0 Å². The third kappa shape index (κ3) is 2.57. The predicted molar refractivity (Wildman–Crippen MR) is 62.2 cm³/mol. The molecule has 0 atom stereocenters. The van der Waals surface area contributed by atoms with Gasteiger partial charge in [-0.3, -0.25) is 0 Å². The Bertz CT molecular complexity index is 554. The molecule has 0 unspecified atom stereocenters. The topological polar surface area (TPSA) is 50.3 Å². The molecule has 0 N–H and O–H groups in total. The van der Waals surface area contributed by atoms with Gasteiger partial charge in [0.2, 0.25) is 0 Å². The first-order chi connectivity index (χ1) is 7.69. The summed E-state index contributed by atoms with van der Waals surface area (Å²) in [5.41, 5.74) is 0.388. The van der Waals surface area contributed by atoms with E-state index in [4.69, 9.17) is 0 Å². The zero-order chi connectivity index (χ0) is 12.8. The van der Waals surface area contributed by atoms with E-state index in [1.165, 1.54) is 17.2 Å². The molecule has 2 heterocycles. The summed E-state index contributed by atoms with van der Waals surface area (Å²) in [6, 6.07) is 1.35. The second-order valence-electron chi connectivity index (χ2n) is 3.97. The summed E-state index contributed by atoms with van der Waals surface area (Å²) >= 11 is 3.02. The van der Waals surface area contributed by atoms with Gasteiger partial charge >= 0.3 is 0 Å². The van der Waals surface area contributed by atoms with Crippen molar-refractivity contribution in [1.82, 2.24) is 4.98 Å². The molecule has 8 heteroatoms. The Balaban J connectivity index is 2.33. The van der Waals surface area contributed by atoms with E-state index >= 15 is 0 Å². The van der Waals surface area contributed by atoms with Crippen molar-refractivity contribution in [3.05, 3.63) is 16.9 Å². The molecule has 0 bridgehead atoms. The zero-order valence-corrected chi connectivity index (χ0v) is 11.2. The summed E-state index contributed by atoms with van der Waals surface area (Å²) in [5, 5.41) is 0. The number of hydrogen-bond acceptors (Lipinski definition) is 4. The van der Waals surface area contributed by atoms with Gasteiger partial charge in [-0.05, 0) is 22.0 Å². The lowest BCUT2D eigenvalue weighted by Crippen LogP contribution is -2.56. The molecule has 0 aromatic carbocycles. The second-order valence-corrected chi connectivity index (χ2v) is 6.70. The molecule has 1 aliphatic rings. The van der Waals surface area contributed by atoms with E-state index in [0.29, 0.717) is 5.69 Å². The third-order valence-electron chi connectivity index (χ3n) is 2.40. The molecule has 0 amide bonds. The maximum absolute atomic E-state index is 12.7. The van der Waals surface area contributed by atoms with Crippen molar-refractivity contribution in [2.45, 2.75) is 10.8 Å². The van der Waals surface area contributed by atoms with Crippen LogP contribution < -0.4 is 4.90 Å². The number of pyridine rings is 1. The van der Waals surface area contributed by atoms with Crippen molar-refractivity contribution in [1.29, 1.82) is 0 Å². The quantitative estimate of drug-likeness (QED) is 0.776. The monoisotopic (exact) mass is 326 g/mol. The van der Waals surface area contributed by atoms with Gasteiger partial charge in [0.15, 0.2) is 9.84 Å². The lowest BCUT2D eigenvalue weighted by Gasteiger charge is -2.40. The SMILES string of the molecule is CS(=O)(=O)c1cc(N2CC(F)(F)C2)cnc1Br. The highest BCUT2D eigenvalue weighted by Crippen LogP contribution is 2.33. The van der Waals surface area contributed by atoms with Crippen LogP contribution in [0.15, 0.2) is 21.8 Å². The first-order valence-electron chi connectivity index (χ1n) is 4.67. The second kappa shape index (κ2) is 3.88. The average molecular weight is 327 g/mol. The van der Waals surface area contributed by atoms with Crippen LogP contribution in [0.3, 0.4) is 0 Å². The van der Waals surface area contributed by atoms with E-state index in [1.54, 1.807) is 0 Å². The predicted octanol–water partition coefficient (Wildman–Crippen LogP) is 1.70. The summed E-state index contributed by atoms with van der Waals surface area (Å²) < 4.78 is 48.4. The van der Waals surface area contributed by atoms with Gasteiger partial charge in [-0.1, -0.05) is 0 Å². The Hall–Kier alpha value is -0.760. The number of nitrogens with zero attached hydrogens (tertiary/aromatic N) is 2. The van der Waals surface area contributed by atoms with Gasteiger partial charge in [0, 0.05) is 6.26 Å². The van der Waals surface area contributed by atoms with E-state index in [1.807, 2.05) is 0 Å². The Morgan fingerprint density at radius 2 is 2.06 bits per heavy atom. The number of alkyl halides is 2. The minimum atomic E-state index is -3.43. The molecule has 94 valence electrons. The molecule has 4 nitrogen and oxygen atoms in total. The van der Waals surface area contributed by atoms with Crippen molar-refractivity contribution in [2.24, 2.45) is 0 Å². The smallest absolute Gasteiger partial charge is 0.282 e. The fraction of sp³-hybridized carbons (Fsp3) is 0.444. The standard InChI is InChI=1S/C9H9BrF2N2O2S/c1-17(15,16)7-2-6(3-13-8(7)10)14-4-9(11,12)5-14/h2-3H,4-5H2,1H3. The molecule has 1 saturated heterocycles. The van der Waals surface area contributed by atoms with E-state index in [-0.39, 0.29) is 9.50 Å². The van der Waals surface area contributed by atoms with E-state index in [9.17, 15) is 17.2 Å². The highest BCUT2D eigenvalue weighted by molar-refractivity contribution is 9.10. The Morgan fingerprint density at radius 3 is 2.53 bits per heavy atom. The van der Waals surface area contributed by atoms with Crippen molar-refractivity contribution in [3.8, 4) is 0 Å². The maximum Gasteiger partial charge on any atom is 0.282 e. The zero-order valence-electron chi connectivity index (χ0n) is 8.82. The Labute approximate surface area is 106 Å². The van der Waals surface area contributed by atoms with Crippen LogP contribution in [0.1, 0.15) is 0 Å². The van der Waals surface area contributed by atoms with Gasteiger partial charge in [0.1, 0.15) is 9.50 Å². The molecule has 2 rings (SSSR count). The van der Waals surface area contributed by atoms with Crippen LogP contribution in [0.25, 0.3) is 0 Å². The third-order valence-corrected chi connectivity index (χ3v) is 4.41. The normalized spacial score (nSPS) is 18.9. The summed E-state index contributed by atoms with van der Waals surface area (Å²) in [7, 11) is -3.43. The molecule has 1 aliphatic heterocycles. The molecular weight excluding hydrogens is 318 g/mol. The molecule has 17 heavy (non-hydrogen) atoms. The summed E-state index contributed by atoms with van der Waals surface area (Å²) in [5.74, 6) is -2.70. The number of anilines is 1. The number of rotatable bonds is 2. The van der Waals surface area contributed by atoms with Crippen LogP contribution >= 0.6 is 15.9 Å². The van der Waals surface area contributed by atoms with Crippen LogP contribution in [-0.2, 0) is 9.84 Å². The lowest BCUT2D eigenvalue weighted by molar-refractivity contribution is -0.0263. The highest BCUT2D eigenvalue weighted by atomic mass is 79.9. The fourth-order valence-electron chi connectivity index (χ4n) is 1.55. The van der Waals surface area contributed by atoms with Crippen molar-refractivity contribution >= 4 is 31.5 Å². The van der Waals surface area contributed by atoms with Crippen molar-refractivity contribution < 1.29 is 17.2 Å². The largest absolute Gasteiger partial charge is 0.358 e. The Kier molecular flexibility index (Phi) is 2.89. The van der Waals surface area contributed by atoms with E-state index < -0.39 is 28.8 Å². The maximum atomic E-state index is 12.7. The van der Waals surface area contributed by atoms with Crippen molar-refractivity contribution in [3.63, 3.8) is 0 Å². The van der Waals surface area contributed by atoms with Gasteiger partial charge in [-0.25, -0.2) is 22.2 Å². The van der Waals surface area contributed by atoms with Crippen LogP contribution in [0.2, 0.25) is 0 Å². The van der Waals surface area contributed by atoms with Gasteiger partial charge in [0.05, 0.1) is 25.0 Å². The fourth-order valence-corrected chi connectivity index (χ4v) is 3.34.